The summed E-state index contributed by atoms with van der Waals surface area (Å²) in [5, 5.41) is 0. The molecule has 7 nitrogen and oxygen atoms in total. The van der Waals surface area contributed by atoms with Gasteiger partial charge in [0.25, 0.3) is 10.1 Å². The van der Waals surface area contributed by atoms with E-state index in [4.69, 9.17) is 8.92 Å². The Kier molecular flexibility index (Phi) is 8.20. The highest BCUT2D eigenvalue weighted by Crippen LogP contribution is 2.08. The van der Waals surface area contributed by atoms with Gasteiger partial charge in [0.15, 0.2) is 0 Å². The molecule has 0 aliphatic heterocycles. The van der Waals surface area contributed by atoms with Gasteiger partial charge in [-0.05, 0) is 27.3 Å². The van der Waals surface area contributed by atoms with Gasteiger partial charge in [-0.25, -0.2) is 4.79 Å². The third kappa shape index (κ3) is 11.5. The fourth-order valence-corrected chi connectivity index (χ4v) is 1.85. The Balaban J connectivity index is 4.12. The quantitative estimate of drug-likeness (QED) is 0.624. The third-order valence-corrected chi connectivity index (χ3v) is 3.20. The lowest BCUT2D eigenvalue weighted by Gasteiger charge is -2.27. The summed E-state index contributed by atoms with van der Waals surface area (Å²) in [6.07, 6.45) is 0.658. The van der Waals surface area contributed by atoms with Crippen LogP contribution in [0.25, 0.3) is 0 Å². The third-order valence-electron chi connectivity index (χ3n) is 2.61. The van der Waals surface area contributed by atoms with Crippen molar-refractivity contribution in [1.29, 1.82) is 0 Å². The lowest BCUT2D eigenvalue weighted by molar-refractivity contribution is 0.0282. The summed E-state index contributed by atoms with van der Waals surface area (Å²) in [4.78, 5) is 15.3. The second-order valence-corrected chi connectivity index (χ2v) is 7.51. The van der Waals surface area contributed by atoms with Crippen molar-refractivity contribution < 1.29 is 22.1 Å². The Labute approximate surface area is 128 Å². The average Bonchev–Trinajstić information content (AvgIpc) is 2.29. The minimum absolute atomic E-state index is 0.114. The molecule has 0 N–H and O–H groups in total. The van der Waals surface area contributed by atoms with Crippen LogP contribution in [0.5, 0.6) is 0 Å². The highest BCUT2D eigenvalue weighted by molar-refractivity contribution is 7.85. The van der Waals surface area contributed by atoms with E-state index in [9.17, 15) is 13.2 Å². The number of ether oxygens (including phenoxy) is 1. The molecule has 0 radical (unpaired) electrons. The maximum Gasteiger partial charge on any atom is 0.410 e. The fraction of sp³-hybridized carbons (Fsp3) is 0.923. The van der Waals surface area contributed by atoms with Crippen molar-refractivity contribution in [2.24, 2.45) is 0 Å². The molecule has 0 spiro atoms. The summed E-state index contributed by atoms with van der Waals surface area (Å²) in [6.45, 7) is 9.90. The molecule has 0 unspecified atom stereocenters. The average molecular weight is 324 g/mol. The van der Waals surface area contributed by atoms with E-state index in [1.807, 2.05) is 32.6 Å². The van der Waals surface area contributed by atoms with Gasteiger partial charge in [0.2, 0.25) is 0 Å². The lowest BCUT2D eigenvalue weighted by Crippen LogP contribution is -2.40. The number of hydrogen-bond acceptors (Lipinski definition) is 6. The molecule has 0 rings (SSSR count). The van der Waals surface area contributed by atoms with Crippen molar-refractivity contribution in [2.45, 2.75) is 33.3 Å². The molecule has 0 heterocycles. The largest absolute Gasteiger partial charge is 0.444 e. The molecule has 8 heteroatoms. The van der Waals surface area contributed by atoms with E-state index in [0.717, 1.165) is 12.8 Å². The van der Waals surface area contributed by atoms with E-state index < -0.39 is 15.7 Å². The van der Waals surface area contributed by atoms with Gasteiger partial charge in [0, 0.05) is 26.7 Å². The first kappa shape index (κ1) is 20.1. The number of likely N-dealkylation sites (N-methyl/N-ethyl adjacent to an activating group) is 2. The molecule has 0 aromatic rings. The Bertz CT molecular complexity index is 417. The first-order valence-corrected chi connectivity index (χ1v) is 8.77. The molecular formula is C13H28N2O5S. The van der Waals surface area contributed by atoms with E-state index in [-0.39, 0.29) is 12.7 Å². The van der Waals surface area contributed by atoms with Crippen molar-refractivity contribution in [2.75, 3.05) is 46.1 Å². The molecule has 21 heavy (non-hydrogen) atoms. The van der Waals surface area contributed by atoms with Crippen molar-refractivity contribution in [3.05, 3.63) is 0 Å². The summed E-state index contributed by atoms with van der Waals surface area (Å²) in [6, 6.07) is 0. The second-order valence-electron chi connectivity index (χ2n) is 5.86. The number of amides is 1. The van der Waals surface area contributed by atoms with E-state index in [1.165, 1.54) is 4.90 Å². The molecule has 0 aliphatic rings. The topological polar surface area (TPSA) is 76.2 Å². The minimum Gasteiger partial charge on any atom is -0.444 e. The Morgan fingerprint density at radius 2 is 1.71 bits per heavy atom. The predicted molar refractivity (Wildman–Crippen MR) is 81.8 cm³/mol. The first-order chi connectivity index (χ1) is 9.44. The Morgan fingerprint density at radius 3 is 2.14 bits per heavy atom. The molecule has 0 atom stereocenters. The van der Waals surface area contributed by atoms with Gasteiger partial charge < -0.3 is 9.64 Å². The van der Waals surface area contributed by atoms with Crippen LogP contribution in [0.2, 0.25) is 0 Å². The van der Waals surface area contributed by atoms with Crippen LogP contribution in [-0.2, 0) is 19.0 Å². The number of nitrogens with zero attached hydrogens (tertiary/aromatic N) is 2. The molecule has 0 saturated carbocycles. The van der Waals surface area contributed by atoms with Gasteiger partial charge in [-0.2, -0.15) is 8.42 Å². The monoisotopic (exact) mass is 324 g/mol. The second kappa shape index (κ2) is 8.55. The zero-order valence-corrected chi connectivity index (χ0v) is 14.7. The van der Waals surface area contributed by atoms with Gasteiger partial charge >= 0.3 is 6.09 Å². The summed E-state index contributed by atoms with van der Waals surface area (Å²) in [5.74, 6) is 0. The molecule has 0 aromatic heterocycles. The summed E-state index contributed by atoms with van der Waals surface area (Å²) < 4.78 is 31.7. The summed E-state index contributed by atoms with van der Waals surface area (Å²) in [7, 11) is -1.73. The molecular weight excluding hydrogens is 296 g/mol. The standard InChI is InChI=1S/C13H28N2O5S/c1-7-15(10-11-19-21(6,17)18)9-8-14(5)12(16)20-13(2,3)4/h7-11H2,1-6H3. The van der Waals surface area contributed by atoms with E-state index in [2.05, 4.69) is 0 Å². The maximum atomic E-state index is 11.8. The lowest BCUT2D eigenvalue weighted by atomic mass is 10.2. The molecule has 0 saturated heterocycles. The molecule has 1 amide bonds. The Hall–Kier alpha value is -0.860. The van der Waals surface area contributed by atoms with Crippen molar-refractivity contribution in [3.63, 3.8) is 0 Å². The van der Waals surface area contributed by atoms with Crippen molar-refractivity contribution >= 4 is 16.2 Å². The van der Waals surface area contributed by atoms with Crippen LogP contribution >= 0.6 is 0 Å². The van der Waals surface area contributed by atoms with Crippen LogP contribution in [0.15, 0.2) is 0 Å². The highest BCUT2D eigenvalue weighted by Gasteiger charge is 2.19. The number of rotatable bonds is 8. The first-order valence-electron chi connectivity index (χ1n) is 6.95. The summed E-state index contributed by atoms with van der Waals surface area (Å²) in [5.41, 5.74) is -0.515. The molecule has 0 aliphatic carbocycles. The van der Waals surface area contributed by atoms with Crippen LogP contribution in [0.4, 0.5) is 4.79 Å². The van der Waals surface area contributed by atoms with E-state index in [1.54, 1.807) is 7.05 Å². The van der Waals surface area contributed by atoms with Crippen LogP contribution in [0.1, 0.15) is 27.7 Å². The Morgan fingerprint density at radius 1 is 1.14 bits per heavy atom. The predicted octanol–water partition coefficient (Wildman–Crippen LogP) is 1.15. The van der Waals surface area contributed by atoms with Gasteiger partial charge in [-0.3, -0.25) is 9.08 Å². The van der Waals surface area contributed by atoms with Crippen molar-refractivity contribution in [1.82, 2.24) is 9.80 Å². The van der Waals surface area contributed by atoms with E-state index in [0.29, 0.717) is 19.6 Å². The van der Waals surface area contributed by atoms with Gasteiger partial charge in [0.05, 0.1) is 12.9 Å². The number of carbonyl (C=O) groups excluding carboxylic acids is 1. The smallest absolute Gasteiger partial charge is 0.410 e. The molecule has 126 valence electrons. The van der Waals surface area contributed by atoms with Crippen molar-refractivity contribution in [3.8, 4) is 0 Å². The van der Waals surface area contributed by atoms with Gasteiger partial charge in [0.1, 0.15) is 5.60 Å². The zero-order chi connectivity index (χ0) is 16.7. The normalized spacial score (nSPS) is 12.5. The fourth-order valence-electron chi connectivity index (χ4n) is 1.47. The highest BCUT2D eigenvalue weighted by atomic mass is 32.2. The van der Waals surface area contributed by atoms with Gasteiger partial charge in [-0.1, -0.05) is 6.92 Å². The van der Waals surface area contributed by atoms with Crippen LogP contribution in [-0.4, -0.2) is 76.0 Å². The number of carbonyl (C=O) groups is 1. The maximum absolute atomic E-state index is 11.8. The molecule has 0 fully saturated rings. The van der Waals surface area contributed by atoms with E-state index >= 15 is 0 Å². The van der Waals surface area contributed by atoms with Gasteiger partial charge in [-0.15, -0.1) is 0 Å². The molecule has 0 aromatic carbocycles. The molecule has 0 bridgehead atoms. The minimum atomic E-state index is -3.40. The summed E-state index contributed by atoms with van der Waals surface area (Å²) >= 11 is 0. The van der Waals surface area contributed by atoms with Crippen LogP contribution < -0.4 is 0 Å². The van der Waals surface area contributed by atoms with Crippen LogP contribution in [0, 0.1) is 0 Å². The zero-order valence-electron chi connectivity index (χ0n) is 13.9. The van der Waals surface area contributed by atoms with Crippen LogP contribution in [0.3, 0.4) is 0 Å². The number of hydrogen-bond donors (Lipinski definition) is 0. The SMILES string of the molecule is CCN(CCOS(C)(=O)=O)CCN(C)C(=O)OC(C)(C)C.